The average molecular weight is 451 g/mol. The van der Waals surface area contributed by atoms with Crippen LogP contribution in [-0.2, 0) is 11.3 Å². The Balaban J connectivity index is 1.43. The van der Waals surface area contributed by atoms with Gasteiger partial charge in [-0.2, -0.15) is 0 Å². The minimum Gasteiger partial charge on any atom is -0.335 e. The van der Waals surface area contributed by atoms with Crippen molar-refractivity contribution in [2.24, 2.45) is 5.92 Å². The van der Waals surface area contributed by atoms with Crippen LogP contribution in [0.25, 0.3) is 21.2 Å². The topological polar surface area (TPSA) is 42.3 Å². The zero-order chi connectivity index (χ0) is 20.3. The number of hydrogen-bond acceptors (Lipinski definition) is 3. The SMILES string of the molecule is O=C(Cn1ccc2scc(-c3ccc(Cl)c(Cl)c3)c2c1=O)N1CC(F)(C2CC2)C1. The lowest BCUT2D eigenvalue weighted by Gasteiger charge is -2.45. The lowest BCUT2D eigenvalue weighted by atomic mass is 9.91. The molecule has 0 atom stereocenters. The summed E-state index contributed by atoms with van der Waals surface area (Å²) in [5.41, 5.74) is 0.0864. The van der Waals surface area contributed by atoms with Crippen molar-refractivity contribution in [2.75, 3.05) is 13.1 Å². The fourth-order valence-electron chi connectivity index (χ4n) is 3.95. The van der Waals surface area contributed by atoms with Gasteiger partial charge in [0.25, 0.3) is 5.56 Å². The molecular weight excluding hydrogens is 434 g/mol. The molecule has 5 rings (SSSR count). The molecule has 1 aromatic carbocycles. The quantitative estimate of drug-likeness (QED) is 0.561. The Labute approximate surface area is 180 Å². The molecule has 2 aliphatic rings. The molecule has 4 nitrogen and oxygen atoms in total. The average Bonchev–Trinajstić information content (AvgIpc) is 3.43. The van der Waals surface area contributed by atoms with Gasteiger partial charge < -0.3 is 9.47 Å². The third-order valence-electron chi connectivity index (χ3n) is 5.81. The number of benzene rings is 1. The summed E-state index contributed by atoms with van der Waals surface area (Å²) >= 11 is 13.6. The van der Waals surface area contributed by atoms with E-state index in [0.29, 0.717) is 15.4 Å². The fourth-order valence-corrected chi connectivity index (χ4v) is 5.21. The molecule has 3 aromatic rings. The van der Waals surface area contributed by atoms with E-state index in [0.717, 1.165) is 28.7 Å². The van der Waals surface area contributed by atoms with Crippen LogP contribution in [0.4, 0.5) is 4.39 Å². The number of carbonyl (C=O) groups excluding carboxylic acids is 1. The van der Waals surface area contributed by atoms with Crippen LogP contribution in [-0.4, -0.2) is 34.1 Å². The van der Waals surface area contributed by atoms with Crippen molar-refractivity contribution in [3.8, 4) is 11.1 Å². The third kappa shape index (κ3) is 3.27. The first kappa shape index (κ1) is 19.1. The van der Waals surface area contributed by atoms with Crippen LogP contribution in [0, 0.1) is 5.92 Å². The molecule has 2 fully saturated rings. The van der Waals surface area contributed by atoms with Crippen LogP contribution in [0.2, 0.25) is 10.0 Å². The summed E-state index contributed by atoms with van der Waals surface area (Å²) in [5.74, 6) is -0.128. The summed E-state index contributed by atoms with van der Waals surface area (Å²) in [7, 11) is 0. The van der Waals surface area contributed by atoms with Gasteiger partial charge in [0, 0.05) is 21.8 Å². The van der Waals surface area contributed by atoms with Crippen LogP contribution in [0.3, 0.4) is 0 Å². The molecule has 0 unspecified atom stereocenters. The Morgan fingerprint density at radius 1 is 1.21 bits per heavy atom. The van der Waals surface area contributed by atoms with E-state index in [4.69, 9.17) is 23.2 Å². The van der Waals surface area contributed by atoms with Gasteiger partial charge in [0.1, 0.15) is 12.2 Å². The molecule has 3 heterocycles. The van der Waals surface area contributed by atoms with E-state index in [1.165, 1.54) is 20.8 Å². The van der Waals surface area contributed by atoms with E-state index in [9.17, 15) is 14.0 Å². The number of pyridine rings is 1. The van der Waals surface area contributed by atoms with Crippen LogP contribution in [0.5, 0.6) is 0 Å². The third-order valence-corrected chi connectivity index (χ3v) is 7.49. The summed E-state index contributed by atoms with van der Waals surface area (Å²) < 4.78 is 16.7. The van der Waals surface area contributed by atoms with Gasteiger partial charge in [0.05, 0.1) is 28.5 Å². The second kappa shape index (κ2) is 6.83. The molecule has 1 aliphatic carbocycles. The number of aromatic nitrogens is 1. The number of rotatable bonds is 4. The number of fused-ring (bicyclic) bond motifs is 1. The summed E-state index contributed by atoms with van der Waals surface area (Å²) in [6.07, 6.45) is 3.44. The maximum absolute atomic E-state index is 14.5. The molecule has 1 saturated carbocycles. The Morgan fingerprint density at radius 2 is 1.97 bits per heavy atom. The lowest BCUT2D eigenvalue weighted by Crippen LogP contribution is -2.62. The molecule has 0 spiro atoms. The molecule has 1 aliphatic heterocycles. The van der Waals surface area contributed by atoms with E-state index in [1.54, 1.807) is 18.3 Å². The number of nitrogens with zero attached hydrogens (tertiary/aromatic N) is 2. The van der Waals surface area contributed by atoms with Crippen LogP contribution >= 0.6 is 34.5 Å². The predicted molar refractivity (Wildman–Crippen MR) is 115 cm³/mol. The molecule has 8 heteroatoms. The van der Waals surface area contributed by atoms with Gasteiger partial charge in [-0.1, -0.05) is 29.3 Å². The Hall–Kier alpha value is -1.89. The second-order valence-electron chi connectivity index (χ2n) is 7.83. The molecule has 2 aromatic heterocycles. The van der Waals surface area contributed by atoms with Crippen molar-refractivity contribution < 1.29 is 9.18 Å². The normalized spacial score (nSPS) is 18.1. The molecule has 0 N–H and O–H groups in total. The van der Waals surface area contributed by atoms with Crippen molar-refractivity contribution >= 4 is 50.5 Å². The number of amides is 1. The summed E-state index contributed by atoms with van der Waals surface area (Å²) in [4.78, 5) is 27.2. The van der Waals surface area contributed by atoms with Crippen LogP contribution in [0.1, 0.15) is 12.8 Å². The second-order valence-corrected chi connectivity index (χ2v) is 9.55. The molecule has 0 radical (unpaired) electrons. The predicted octanol–water partition coefficient (Wildman–Crippen LogP) is 5.00. The first-order valence-corrected chi connectivity index (χ1v) is 11.0. The first-order valence-electron chi connectivity index (χ1n) is 9.38. The molecule has 0 bridgehead atoms. The van der Waals surface area contributed by atoms with Crippen LogP contribution < -0.4 is 5.56 Å². The van der Waals surface area contributed by atoms with Crippen molar-refractivity contribution in [1.29, 1.82) is 0 Å². The smallest absolute Gasteiger partial charge is 0.260 e. The standard InChI is InChI=1S/C21H17Cl2FN2O2S/c22-15-4-1-12(7-16(15)23)14-9-29-17-5-6-25(20(28)19(14)17)8-18(27)26-10-21(24,11-26)13-2-3-13/h1,4-7,9,13H,2-3,8,10-11H2. The van der Waals surface area contributed by atoms with E-state index in [1.807, 2.05) is 17.5 Å². The number of thiophene rings is 1. The van der Waals surface area contributed by atoms with Gasteiger partial charge >= 0.3 is 0 Å². The summed E-state index contributed by atoms with van der Waals surface area (Å²) in [6, 6.07) is 7.07. The largest absolute Gasteiger partial charge is 0.335 e. The van der Waals surface area contributed by atoms with Gasteiger partial charge in [-0.3, -0.25) is 9.59 Å². The summed E-state index contributed by atoms with van der Waals surface area (Å²) in [6.45, 7) is 0.188. The van der Waals surface area contributed by atoms with E-state index in [-0.39, 0.29) is 37.0 Å². The van der Waals surface area contributed by atoms with E-state index < -0.39 is 5.67 Å². The zero-order valence-corrected chi connectivity index (χ0v) is 17.7. The lowest BCUT2D eigenvalue weighted by molar-refractivity contribution is -0.147. The van der Waals surface area contributed by atoms with Crippen molar-refractivity contribution in [2.45, 2.75) is 25.1 Å². The zero-order valence-electron chi connectivity index (χ0n) is 15.3. The Morgan fingerprint density at radius 3 is 2.66 bits per heavy atom. The monoisotopic (exact) mass is 450 g/mol. The number of alkyl halides is 1. The van der Waals surface area contributed by atoms with Crippen molar-refractivity contribution in [1.82, 2.24) is 9.47 Å². The molecule has 150 valence electrons. The van der Waals surface area contributed by atoms with Gasteiger partial charge in [0.2, 0.25) is 5.91 Å². The minimum absolute atomic E-state index is 0.0911. The number of halogens is 3. The van der Waals surface area contributed by atoms with E-state index in [2.05, 4.69) is 0 Å². The van der Waals surface area contributed by atoms with Crippen molar-refractivity contribution in [3.05, 3.63) is 56.2 Å². The minimum atomic E-state index is -1.22. The molecule has 1 amide bonds. The van der Waals surface area contributed by atoms with Gasteiger partial charge in [-0.15, -0.1) is 11.3 Å². The Bertz CT molecular complexity index is 1200. The fraction of sp³-hybridized carbons (Fsp3) is 0.333. The van der Waals surface area contributed by atoms with E-state index >= 15 is 0 Å². The Kier molecular flexibility index (Phi) is 4.49. The molecule has 1 saturated heterocycles. The number of carbonyl (C=O) groups is 1. The first-order chi connectivity index (χ1) is 13.9. The number of hydrogen-bond donors (Lipinski definition) is 0. The maximum Gasteiger partial charge on any atom is 0.260 e. The van der Waals surface area contributed by atoms with Gasteiger partial charge in [-0.25, -0.2) is 4.39 Å². The van der Waals surface area contributed by atoms with Gasteiger partial charge in [-0.05, 0) is 42.5 Å². The molecule has 29 heavy (non-hydrogen) atoms. The molecular formula is C21H17Cl2FN2O2S. The highest BCUT2D eigenvalue weighted by atomic mass is 35.5. The number of likely N-dealkylation sites (tertiary alicyclic amines) is 1. The highest BCUT2D eigenvalue weighted by Crippen LogP contribution is 2.47. The van der Waals surface area contributed by atoms with Crippen LogP contribution in [0.15, 0.2) is 40.6 Å². The van der Waals surface area contributed by atoms with Gasteiger partial charge in [0.15, 0.2) is 0 Å². The highest BCUT2D eigenvalue weighted by molar-refractivity contribution is 7.17. The summed E-state index contributed by atoms with van der Waals surface area (Å²) in [5, 5.41) is 3.31. The maximum atomic E-state index is 14.5. The van der Waals surface area contributed by atoms with Crippen molar-refractivity contribution in [3.63, 3.8) is 0 Å². The highest BCUT2D eigenvalue weighted by Gasteiger charge is 2.55.